The number of hydrogen-bond donors (Lipinski definition) is 2. The number of likely N-dealkylation sites (tertiary alicyclic amines) is 1. The average molecular weight is 369 g/mol. The van der Waals surface area contributed by atoms with E-state index in [4.69, 9.17) is 0 Å². The van der Waals surface area contributed by atoms with Crippen molar-refractivity contribution < 1.29 is 9.59 Å². The van der Waals surface area contributed by atoms with Gasteiger partial charge < -0.3 is 20.1 Å². The van der Waals surface area contributed by atoms with Gasteiger partial charge >= 0.3 is 0 Å². The summed E-state index contributed by atoms with van der Waals surface area (Å²) < 4.78 is 0. The van der Waals surface area contributed by atoms with E-state index in [9.17, 15) is 14.4 Å². The Kier molecular flexibility index (Phi) is 5.25. The molecule has 1 fully saturated rings. The van der Waals surface area contributed by atoms with Gasteiger partial charge in [0.05, 0.1) is 12.9 Å². The monoisotopic (exact) mass is 369 g/mol. The van der Waals surface area contributed by atoms with Gasteiger partial charge in [0, 0.05) is 32.4 Å². The van der Waals surface area contributed by atoms with Crippen LogP contribution < -0.4 is 10.9 Å². The van der Waals surface area contributed by atoms with Gasteiger partial charge in [-0.15, -0.1) is 0 Å². The van der Waals surface area contributed by atoms with E-state index in [0.29, 0.717) is 19.4 Å². The number of nitrogens with one attached hydrogen (secondary N) is 2. The number of aromatic amines is 1. The second kappa shape index (κ2) is 7.61. The molecule has 1 aromatic heterocycles. The molecule has 2 heterocycles. The number of piperidine rings is 1. The maximum absolute atomic E-state index is 13.0. The van der Waals surface area contributed by atoms with Crippen molar-refractivity contribution in [2.45, 2.75) is 18.4 Å². The molecule has 1 aliphatic rings. The number of aromatic nitrogens is 2. The summed E-state index contributed by atoms with van der Waals surface area (Å²) in [6.45, 7) is 0.707. The smallest absolute Gasteiger partial charge is 0.272 e. The predicted molar refractivity (Wildman–Crippen MR) is 101 cm³/mol. The second-order valence-electron chi connectivity index (χ2n) is 6.90. The van der Waals surface area contributed by atoms with Crippen molar-refractivity contribution in [2.24, 2.45) is 0 Å². The molecule has 27 heavy (non-hydrogen) atoms. The lowest BCUT2D eigenvalue weighted by Gasteiger charge is -2.43. The summed E-state index contributed by atoms with van der Waals surface area (Å²) in [4.78, 5) is 46.9. The van der Waals surface area contributed by atoms with E-state index in [0.717, 1.165) is 5.69 Å². The van der Waals surface area contributed by atoms with Gasteiger partial charge in [-0.25, -0.2) is 4.98 Å². The highest BCUT2D eigenvalue weighted by molar-refractivity contribution is 5.94. The number of benzene rings is 1. The second-order valence-corrected chi connectivity index (χ2v) is 6.90. The van der Waals surface area contributed by atoms with Gasteiger partial charge in [0.1, 0.15) is 11.2 Å². The zero-order chi connectivity index (χ0) is 19.4. The lowest BCUT2D eigenvalue weighted by atomic mass is 9.86. The minimum absolute atomic E-state index is 0.0755. The van der Waals surface area contributed by atoms with Gasteiger partial charge in [-0.3, -0.25) is 14.4 Å². The van der Waals surface area contributed by atoms with Gasteiger partial charge in [0.25, 0.3) is 11.5 Å². The molecule has 2 amide bonds. The Labute approximate surface area is 157 Å². The summed E-state index contributed by atoms with van der Waals surface area (Å²) in [7, 11) is 3.41. The molecule has 1 unspecified atom stereocenters. The quantitative estimate of drug-likeness (QED) is 0.836. The predicted octanol–water partition coefficient (Wildman–Crippen LogP) is 0.945. The molecule has 8 heteroatoms. The number of anilines is 1. The number of rotatable bonds is 4. The molecule has 8 nitrogen and oxygen atoms in total. The molecule has 2 N–H and O–H groups in total. The number of carbonyl (C=O) groups excluding carboxylic acids is 2. The minimum atomic E-state index is -0.931. The third-order valence-corrected chi connectivity index (χ3v) is 4.65. The topological polar surface area (TPSA) is 98.4 Å². The Morgan fingerprint density at radius 2 is 2.00 bits per heavy atom. The lowest BCUT2D eigenvalue weighted by molar-refractivity contribution is -0.135. The van der Waals surface area contributed by atoms with Crippen LogP contribution in [0, 0.1) is 0 Å². The van der Waals surface area contributed by atoms with E-state index in [1.165, 1.54) is 17.3 Å². The zero-order valence-corrected chi connectivity index (χ0v) is 15.4. The number of H-pyrrole nitrogens is 1. The van der Waals surface area contributed by atoms with E-state index in [2.05, 4.69) is 15.3 Å². The molecule has 1 aliphatic heterocycles. The van der Waals surface area contributed by atoms with Gasteiger partial charge in [-0.05, 0) is 25.0 Å². The molecule has 1 aromatic carbocycles. The highest BCUT2D eigenvalue weighted by Gasteiger charge is 2.44. The largest absolute Gasteiger partial charge is 0.370 e. The number of nitrogens with zero attached hydrogens (tertiary/aromatic N) is 3. The maximum Gasteiger partial charge on any atom is 0.272 e. The molecule has 0 saturated carbocycles. The first kappa shape index (κ1) is 18.6. The van der Waals surface area contributed by atoms with Gasteiger partial charge in [-0.2, -0.15) is 0 Å². The number of carbonyl (C=O) groups is 2. The Morgan fingerprint density at radius 1 is 1.26 bits per heavy atom. The van der Waals surface area contributed by atoms with E-state index in [1.807, 2.05) is 30.3 Å². The average Bonchev–Trinajstić information content (AvgIpc) is 2.67. The summed E-state index contributed by atoms with van der Waals surface area (Å²) in [5.41, 5.74) is -0.425. The first-order valence-electron chi connectivity index (χ1n) is 8.80. The molecule has 142 valence electrons. The molecule has 2 aromatic rings. The summed E-state index contributed by atoms with van der Waals surface area (Å²) in [5.74, 6) is -0.450. The van der Waals surface area contributed by atoms with Crippen molar-refractivity contribution in [1.82, 2.24) is 19.8 Å². The molecule has 0 bridgehead atoms. The fourth-order valence-corrected chi connectivity index (χ4v) is 3.43. The number of para-hydroxylation sites is 1. The van der Waals surface area contributed by atoms with Crippen molar-refractivity contribution in [3.05, 3.63) is 58.8 Å². The standard InChI is InChI=1S/C19H23N5O3/c1-23(2)18(27)19(22-14-7-4-3-5-8-14)9-6-10-24(12-19)17(26)15-11-16(25)21-13-20-15/h3-5,7-8,11,13,22H,6,9-10,12H2,1-2H3,(H,20,21,25). The number of amides is 2. The first-order valence-corrected chi connectivity index (χ1v) is 8.80. The van der Waals surface area contributed by atoms with E-state index < -0.39 is 5.54 Å². The molecule has 1 atom stereocenters. The molecular formula is C19H23N5O3. The first-order chi connectivity index (χ1) is 12.9. The van der Waals surface area contributed by atoms with Gasteiger partial charge in [0.15, 0.2) is 0 Å². The normalized spacial score (nSPS) is 19.4. The van der Waals surface area contributed by atoms with Gasteiger partial charge in [0.2, 0.25) is 5.91 Å². The number of hydrogen-bond acceptors (Lipinski definition) is 5. The minimum Gasteiger partial charge on any atom is -0.370 e. The highest BCUT2D eigenvalue weighted by atomic mass is 16.2. The highest BCUT2D eigenvalue weighted by Crippen LogP contribution is 2.28. The van der Waals surface area contributed by atoms with Crippen LogP contribution in [0.1, 0.15) is 23.3 Å². The van der Waals surface area contributed by atoms with Gasteiger partial charge in [-0.1, -0.05) is 18.2 Å². The molecular weight excluding hydrogens is 346 g/mol. The van der Waals surface area contributed by atoms with Crippen LogP contribution in [0.4, 0.5) is 5.69 Å². The third-order valence-electron chi connectivity index (χ3n) is 4.65. The van der Waals surface area contributed by atoms with Crippen LogP contribution >= 0.6 is 0 Å². The van der Waals surface area contributed by atoms with E-state index in [1.54, 1.807) is 19.0 Å². The zero-order valence-electron chi connectivity index (χ0n) is 15.4. The van der Waals surface area contributed by atoms with Crippen molar-refractivity contribution in [2.75, 3.05) is 32.5 Å². The lowest BCUT2D eigenvalue weighted by Crippen LogP contribution is -2.62. The van der Waals surface area contributed by atoms with Crippen molar-refractivity contribution >= 4 is 17.5 Å². The van der Waals surface area contributed by atoms with Crippen molar-refractivity contribution in [1.29, 1.82) is 0 Å². The summed E-state index contributed by atoms with van der Waals surface area (Å²) in [6.07, 6.45) is 2.47. The molecule has 0 radical (unpaired) electrons. The fraction of sp³-hybridized carbons (Fsp3) is 0.368. The van der Waals surface area contributed by atoms with Crippen LogP contribution in [-0.2, 0) is 4.79 Å². The Balaban J connectivity index is 1.90. The van der Waals surface area contributed by atoms with E-state index in [-0.39, 0.29) is 29.6 Å². The van der Waals surface area contributed by atoms with Crippen molar-refractivity contribution in [3.63, 3.8) is 0 Å². The number of likely N-dealkylation sites (N-methyl/N-ethyl adjacent to an activating group) is 1. The van der Waals surface area contributed by atoms with Crippen molar-refractivity contribution in [3.8, 4) is 0 Å². The van der Waals surface area contributed by atoms with Crippen LogP contribution in [0.3, 0.4) is 0 Å². The maximum atomic E-state index is 13.0. The summed E-state index contributed by atoms with van der Waals surface area (Å²) in [5, 5.41) is 3.35. The van der Waals surface area contributed by atoms with Crippen LogP contribution in [0.25, 0.3) is 0 Å². The molecule has 0 spiro atoms. The van der Waals surface area contributed by atoms with E-state index >= 15 is 0 Å². The molecule has 3 rings (SSSR count). The van der Waals surface area contributed by atoms with Crippen LogP contribution in [-0.4, -0.2) is 64.3 Å². The Hall–Kier alpha value is -3.16. The fourth-order valence-electron chi connectivity index (χ4n) is 3.43. The third kappa shape index (κ3) is 3.99. The summed E-state index contributed by atoms with van der Waals surface area (Å²) >= 11 is 0. The Bertz CT molecular complexity index is 880. The molecule has 0 aliphatic carbocycles. The molecule has 1 saturated heterocycles. The van der Waals surface area contributed by atoms with Crippen LogP contribution in [0.2, 0.25) is 0 Å². The van der Waals surface area contributed by atoms with Crippen LogP contribution in [0.15, 0.2) is 47.5 Å². The summed E-state index contributed by atoms with van der Waals surface area (Å²) in [6, 6.07) is 10.6. The van der Waals surface area contributed by atoms with Crippen LogP contribution in [0.5, 0.6) is 0 Å². The SMILES string of the molecule is CN(C)C(=O)C1(Nc2ccccc2)CCCN(C(=O)c2cc(=O)[nH]cn2)C1. The Morgan fingerprint density at radius 3 is 2.67 bits per heavy atom.